The first-order chi connectivity index (χ1) is 14.0. The van der Waals surface area contributed by atoms with E-state index in [-0.39, 0.29) is 18.4 Å². The van der Waals surface area contributed by atoms with Crippen LogP contribution < -0.4 is 14.2 Å². The number of nitrogens with zero attached hydrogens (tertiary/aromatic N) is 2. The Kier molecular flexibility index (Phi) is 9.05. The van der Waals surface area contributed by atoms with Crippen LogP contribution in [0, 0.1) is 0 Å². The third-order valence-electron chi connectivity index (χ3n) is 4.56. The molecule has 2 rings (SSSR count). The van der Waals surface area contributed by atoms with E-state index in [9.17, 15) is 9.59 Å². The normalized spacial score (nSPS) is 14.3. The van der Waals surface area contributed by atoms with Crippen molar-refractivity contribution in [3.8, 4) is 17.2 Å². The van der Waals surface area contributed by atoms with Crippen molar-refractivity contribution in [1.82, 2.24) is 9.80 Å². The lowest BCUT2D eigenvalue weighted by atomic mass is 10.1. The van der Waals surface area contributed by atoms with Gasteiger partial charge in [0.1, 0.15) is 6.61 Å². The molecule has 29 heavy (non-hydrogen) atoms. The molecule has 162 valence electrons. The van der Waals surface area contributed by atoms with Crippen LogP contribution >= 0.6 is 0 Å². The predicted molar refractivity (Wildman–Crippen MR) is 109 cm³/mol. The quantitative estimate of drug-likeness (QED) is 0.623. The molecule has 0 N–H and O–H groups in total. The standard InChI is InChI=1S/C21H32N2O6/c1-5-27-17-13-16(14-18(28-6-2)20(17)29-7-3)21(25)23-10-8-9-22(11-12-23)19(24)15-26-4/h13-14H,5-12,15H2,1-4H3. The van der Waals surface area contributed by atoms with Gasteiger partial charge in [-0.05, 0) is 39.3 Å². The highest BCUT2D eigenvalue weighted by molar-refractivity contribution is 5.95. The molecule has 1 fully saturated rings. The summed E-state index contributed by atoms with van der Waals surface area (Å²) in [4.78, 5) is 28.8. The smallest absolute Gasteiger partial charge is 0.254 e. The number of carbonyl (C=O) groups excluding carboxylic acids is 2. The fourth-order valence-corrected chi connectivity index (χ4v) is 3.28. The van der Waals surface area contributed by atoms with Crippen molar-refractivity contribution >= 4 is 11.8 Å². The van der Waals surface area contributed by atoms with Gasteiger partial charge in [0.2, 0.25) is 11.7 Å². The van der Waals surface area contributed by atoms with Gasteiger partial charge >= 0.3 is 0 Å². The highest BCUT2D eigenvalue weighted by Crippen LogP contribution is 2.39. The molecule has 1 aliphatic rings. The summed E-state index contributed by atoms with van der Waals surface area (Å²) >= 11 is 0. The van der Waals surface area contributed by atoms with Gasteiger partial charge < -0.3 is 28.7 Å². The van der Waals surface area contributed by atoms with E-state index in [0.717, 1.165) is 6.42 Å². The Bertz CT molecular complexity index is 667. The van der Waals surface area contributed by atoms with Gasteiger partial charge in [-0.15, -0.1) is 0 Å². The van der Waals surface area contributed by atoms with Crippen LogP contribution in [-0.2, 0) is 9.53 Å². The number of benzene rings is 1. The van der Waals surface area contributed by atoms with Gasteiger partial charge in [-0.25, -0.2) is 0 Å². The van der Waals surface area contributed by atoms with Crippen molar-refractivity contribution in [1.29, 1.82) is 0 Å². The van der Waals surface area contributed by atoms with Gasteiger partial charge in [0, 0.05) is 38.9 Å². The average molecular weight is 408 g/mol. The summed E-state index contributed by atoms with van der Waals surface area (Å²) in [6.45, 7) is 9.21. The third kappa shape index (κ3) is 6.00. The second-order valence-electron chi connectivity index (χ2n) is 6.56. The Hall–Kier alpha value is -2.48. The minimum Gasteiger partial charge on any atom is -0.490 e. The Labute approximate surface area is 172 Å². The monoisotopic (exact) mass is 408 g/mol. The number of ether oxygens (including phenoxy) is 4. The first-order valence-electron chi connectivity index (χ1n) is 10.2. The fraction of sp³-hybridized carbons (Fsp3) is 0.619. The van der Waals surface area contributed by atoms with Crippen LogP contribution in [0.2, 0.25) is 0 Å². The Morgan fingerprint density at radius 3 is 1.97 bits per heavy atom. The van der Waals surface area contributed by atoms with Gasteiger partial charge in [0.25, 0.3) is 5.91 Å². The van der Waals surface area contributed by atoms with E-state index in [1.54, 1.807) is 21.9 Å². The van der Waals surface area contributed by atoms with E-state index in [2.05, 4.69) is 0 Å². The summed E-state index contributed by atoms with van der Waals surface area (Å²) in [5.74, 6) is 1.34. The topological polar surface area (TPSA) is 77.5 Å². The molecule has 8 heteroatoms. The highest BCUT2D eigenvalue weighted by Gasteiger charge is 2.25. The Balaban J connectivity index is 2.23. The van der Waals surface area contributed by atoms with E-state index in [1.807, 2.05) is 20.8 Å². The van der Waals surface area contributed by atoms with E-state index in [0.29, 0.717) is 68.8 Å². The molecule has 1 aliphatic heterocycles. The summed E-state index contributed by atoms with van der Waals surface area (Å²) in [6, 6.07) is 3.41. The van der Waals surface area contributed by atoms with Gasteiger partial charge in [-0.2, -0.15) is 0 Å². The average Bonchev–Trinajstić information content (AvgIpc) is 2.96. The maximum Gasteiger partial charge on any atom is 0.254 e. The lowest BCUT2D eigenvalue weighted by molar-refractivity contribution is -0.135. The molecule has 0 aromatic heterocycles. The lowest BCUT2D eigenvalue weighted by Crippen LogP contribution is -2.38. The SMILES string of the molecule is CCOc1cc(C(=O)N2CCCN(C(=O)COC)CC2)cc(OCC)c1OCC. The zero-order valence-corrected chi connectivity index (χ0v) is 17.9. The predicted octanol–water partition coefficient (Wildman–Crippen LogP) is 2.20. The lowest BCUT2D eigenvalue weighted by Gasteiger charge is -2.23. The summed E-state index contributed by atoms with van der Waals surface area (Å²) in [5.41, 5.74) is 0.483. The van der Waals surface area contributed by atoms with Gasteiger partial charge in [0.05, 0.1) is 19.8 Å². The minimum absolute atomic E-state index is 0.0554. The van der Waals surface area contributed by atoms with Gasteiger partial charge in [0.15, 0.2) is 11.5 Å². The number of rotatable bonds is 9. The molecule has 1 aromatic carbocycles. The Morgan fingerprint density at radius 1 is 0.862 bits per heavy atom. The van der Waals surface area contributed by atoms with E-state index < -0.39 is 0 Å². The molecule has 8 nitrogen and oxygen atoms in total. The molecule has 1 aromatic rings. The molecular formula is C21H32N2O6. The summed E-state index contributed by atoms with van der Waals surface area (Å²) in [5, 5.41) is 0. The van der Waals surface area contributed by atoms with Crippen LogP contribution in [0.3, 0.4) is 0 Å². The highest BCUT2D eigenvalue weighted by atomic mass is 16.5. The third-order valence-corrected chi connectivity index (χ3v) is 4.56. The van der Waals surface area contributed by atoms with Crippen LogP contribution in [0.5, 0.6) is 17.2 Å². The van der Waals surface area contributed by atoms with Crippen molar-refractivity contribution < 1.29 is 28.5 Å². The maximum atomic E-state index is 13.2. The molecule has 0 spiro atoms. The van der Waals surface area contributed by atoms with E-state index in [1.165, 1.54) is 7.11 Å². The summed E-state index contributed by atoms with van der Waals surface area (Å²) in [7, 11) is 1.50. The number of hydrogen-bond acceptors (Lipinski definition) is 6. The van der Waals surface area contributed by atoms with Crippen LogP contribution in [0.15, 0.2) is 12.1 Å². The largest absolute Gasteiger partial charge is 0.490 e. The molecular weight excluding hydrogens is 376 g/mol. The van der Waals surface area contributed by atoms with Crippen molar-refractivity contribution in [2.45, 2.75) is 27.2 Å². The minimum atomic E-state index is -0.115. The summed E-state index contributed by atoms with van der Waals surface area (Å²) < 4.78 is 22.1. The Morgan fingerprint density at radius 2 is 1.41 bits per heavy atom. The van der Waals surface area contributed by atoms with Crippen molar-refractivity contribution in [2.24, 2.45) is 0 Å². The van der Waals surface area contributed by atoms with Crippen LogP contribution in [-0.4, -0.2) is 81.3 Å². The second-order valence-corrected chi connectivity index (χ2v) is 6.56. The molecule has 1 heterocycles. The summed E-state index contributed by atoms with van der Waals surface area (Å²) in [6.07, 6.45) is 0.717. The second kappa shape index (κ2) is 11.5. The molecule has 0 radical (unpaired) electrons. The molecule has 0 bridgehead atoms. The van der Waals surface area contributed by atoms with Crippen LogP contribution in [0.25, 0.3) is 0 Å². The zero-order chi connectivity index (χ0) is 21.2. The number of amides is 2. The molecule has 0 saturated carbocycles. The zero-order valence-electron chi connectivity index (χ0n) is 17.9. The van der Waals surface area contributed by atoms with E-state index >= 15 is 0 Å². The van der Waals surface area contributed by atoms with Crippen molar-refractivity contribution in [3.63, 3.8) is 0 Å². The molecule has 0 atom stereocenters. The molecule has 1 saturated heterocycles. The van der Waals surface area contributed by atoms with Gasteiger partial charge in [-0.3, -0.25) is 9.59 Å². The number of methoxy groups -OCH3 is 1. The van der Waals surface area contributed by atoms with Crippen LogP contribution in [0.1, 0.15) is 37.6 Å². The maximum absolute atomic E-state index is 13.2. The molecule has 0 unspecified atom stereocenters. The first kappa shape index (κ1) is 22.8. The van der Waals surface area contributed by atoms with Gasteiger partial charge in [-0.1, -0.05) is 0 Å². The molecule has 0 aliphatic carbocycles. The number of hydrogen-bond donors (Lipinski definition) is 0. The van der Waals surface area contributed by atoms with Crippen molar-refractivity contribution in [3.05, 3.63) is 17.7 Å². The fourth-order valence-electron chi connectivity index (χ4n) is 3.28. The van der Waals surface area contributed by atoms with E-state index in [4.69, 9.17) is 18.9 Å². The van der Waals surface area contributed by atoms with Crippen LogP contribution in [0.4, 0.5) is 0 Å². The number of carbonyl (C=O) groups is 2. The van der Waals surface area contributed by atoms with Crippen molar-refractivity contribution in [2.75, 3.05) is 59.7 Å². The molecule has 2 amide bonds. The first-order valence-corrected chi connectivity index (χ1v) is 10.2.